The summed E-state index contributed by atoms with van der Waals surface area (Å²) in [4.78, 5) is 9.61. The number of ether oxygens (including phenoxy) is 1. The lowest BCUT2D eigenvalue weighted by atomic mass is 10.1. The Hall–Kier alpha value is -4.52. The van der Waals surface area contributed by atoms with Crippen LogP contribution in [0.4, 0.5) is 11.8 Å². The van der Waals surface area contributed by atoms with E-state index in [2.05, 4.69) is 33.4 Å². The van der Waals surface area contributed by atoms with Crippen LogP contribution >= 0.6 is 0 Å². The summed E-state index contributed by atoms with van der Waals surface area (Å²) in [5, 5.41) is 11.4. The normalized spacial score (nSPS) is 11.8. The summed E-state index contributed by atoms with van der Waals surface area (Å²) in [7, 11) is 3.60. The highest BCUT2D eigenvalue weighted by molar-refractivity contribution is 5.96. The van der Waals surface area contributed by atoms with E-state index in [9.17, 15) is 0 Å². The van der Waals surface area contributed by atoms with Gasteiger partial charge < -0.3 is 9.30 Å². The van der Waals surface area contributed by atoms with Crippen molar-refractivity contribution in [2.45, 2.75) is 0 Å². The van der Waals surface area contributed by atoms with Gasteiger partial charge in [0.1, 0.15) is 17.1 Å². The van der Waals surface area contributed by atoms with Gasteiger partial charge in [0.2, 0.25) is 5.95 Å². The maximum absolute atomic E-state index is 5.32. The van der Waals surface area contributed by atoms with Crippen molar-refractivity contribution in [3.05, 3.63) is 85.1 Å². The summed E-state index contributed by atoms with van der Waals surface area (Å²) in [6.45, 7) is 0. The van der Waals surface area contributed by atoms with Crippen LogP contribution in [0, 0.1) is 0 Å². The molecule has 0 unspecified atom stereocenters. The zero-order chi connectivity index (χ0) is 22.4. The Labute approximate surface area is 189 Å². The van der Waals surface area contributed by atoms with Crippen LogP contribution in [0.2, 0.25) is 0 Å². The summed E-state index contributed by atoms with van der Waals surface area (Å²) in [6.07, 6.45) is 1.99. The zero-order valence-corrected chi connectivity index (χ0v) is 18.2. The fraction of sp³-hybridized carbons (Fsp3) is 0.0769. The van der Waals surface area contributed by atoms with Gasteiger partial charge in [0.05, 0.1) is 18.1 Å². The lowest BCUT2D eigenvalue weighted by Gasteiger charge is -2.03. The van der Waals surface area contributed by atoms with Crippen LogP contribution in [-0.4, -0.2) is 26.0 Å². The van der Waals surface area contributed by atoms with E-state index in [1.165, 1.54) is 0 Å². The zero-order valence-electron chi connectivity index (χ0n) is 18.2. The number of aryl methyl sites for hydroxylation is 1. The first kappa shape index (κ1) is 19.2. The molecular weight excluding hydrogens is 412 g/mol. The van der Waals surface area contributed by atoms with E-state index in [-0.39, 0.29) is 0 Å². The molecule has 0 aliphatic rings. The van der Waals surface area contributed by atoms with Crippen LogP contribution in [0.25, 0.3) is 38.7 Å². The number of hydrogen-bond acceptors (Lipinski definition) is 5. The molecule has 0 N–H and O–H groups in total. The van der Waals surface area contributed by atoms with E-state index in [0.717, 1.165) is 44.5 Å². The van der Waals surface area contributed by atoms with Crippen LogP contribution in [-0.2, 0) is 7.05 Å². The maximum atomic E-state index is 5.32. The van der Waals surface area contributed by atoms with Crippen LogP contribution in [0.15, 0.2) is 95.3 Å². The minimum Gasteiger partial charge on any atom is -0.497 e. The third-order valence-corrected chi connectivity index (χ3v) is 5.85. The number of benzene rings is 3. The second kappa shape index (κ2) is 7.56. The lowest BCUT2D eigenvalue weighted by Crippen LogP contribution is -1.87. The van der Waals surface area contributed by atoms with Gasteiger partial charge in [-0.15, -0.1) is 10.2 Å². The number of aromatic nitrogens is 4. The number of pyridine rings is 1. The lowest BCUT2D eigenvalue weighted by molar-refractivity contribution is 0.415. The Morgan fingerprint density at radius 3 is 2.42 bits per heavy atom. The van der Waals surface area contributed by atoms with E-state index in [1.54, 1.807) is 7.11 Å². The predicted octanol–water partition coefficient (Wildman–Crippen LogP) is 6.47. The molecule has 6 aromatic rings. The van der Waals surface area contributed by atoms with Gasteiger partial charge in [0.25, 0.3) is 0 Å². The molecule has 3 heterocycles. The Morgan fingerprint density at radius 1 is 0.818 bits per heavy atom. The number of fused-ring (bicyclic) bond motifs is 4. The molecule has 0 radical (unpaired) electrons. The molecule has 0 aliphatic heterocycles. The third kappa shape index (κ3) is 3.13. The summed E-state index contributed by atoms with van der Waals surface area (Å²) >= 11 is 0. The number of para-hydroxylation sites is 2. The average Bonchev–Trinajstić information content (AvgIpc) is 3.40. The molecule has 3 aromatic heterocycles. The van der Waals surface area contributed by atoms with E-state index < -0.39 is 0 Å². The van der Waals surface area contributed by atoms with Gasteiger partial charge in [-0.25, -0.2) is 9.97 Å². The molecule has 0 aliphatic carbocycles. The molecule has 0 spiro atoms. The molecule has 0 bridgehead atoms. The van der Waals surface area contributed by atoms with Crippen molar-refractivity contribution < 1.29 is 4.74 Å². The maximum Gasteiger partial charge on any atom is 0.250 e. The fourth-order valence-electron chi connectivity index (χ4n) is 4.11. The number of methoxy groups -OCH3 is 1. The molecule has 7 heteroatoms. The van der Waals surface area contributed by atoms with Crippen LogP contribution in [0.1, 0.15) is 0 Å². The van der Waals surface area contributed by atoms with Gasteiger partial charge in [-0.05, 0) is 47.9 Å². The van der Waals surface area contributed by atoms with Crippen molar-refractivity contribution in [1.82, 2.24) is 18.9 Å². The van der Waals surface area contributed by atoms with Gasteiger partial charge in [0.15, 0.2) is 5.82 Å². The van der Waals surface area contributed by atoms with Crippen molar-refractivity contribution in [1.29, 1.82) is 0 Å². The van der Waals surface area contributed by atoms with E-state index in [1.807, 2.05) is 82.9 Å². The molecular formula is C26H20N6O. The molecule has 6 rings (SSSR count). The van der Waals surface area contributed by atoms with E-state index in [0.29, 0.717) is 11.8 Å². The average molecular weight is 432 g/mol. The Balaban J connectivity index is 1.57. The van der Waals surface area contributed by atoms with Crippen molar-refractivity contribution in [3.8, 4) is 17.0 Å². The van der Waals surface area contributed by atoms with Gasteiger partial charge in [-0.2, -0.15) is 0 Å². The highest BCUT2D eigenvalue weighted by Crippen LogP contribution is 2.35. The SMILES string of the molecule is COc1ccc(-c2nc3c4ccccc4ccn3c2N=Nc2nc3ccccc3n2C)cc1. The molecule has 0 saturated carbocycles. The molecule has 7 nitrogen and oxygen atoms in total. The van der Waals surface area contributed by atoms with Crippen molar-refractivity contribution in [3.63, 3.8) is 0 Å². The van der Waals surface area contributed by atoms with Crippen molar-refractivity contribution in [2.75, 3.05) is 7.11 Å². The van der Waals surface area contributed by atoms with E-state index in [4.69, 9.17) is 9.72 Å². The molecule has 33 heavy (non-hydrogen) atoms. The number of hydrogen-bond donors (Lipinski definition) is 0. The van der Waals surface area contributed by atoms with Gasteiger partial charge in [-0.3, -0.25) is 4.40 Å². The van der Waals surface area contributed by atoms with Crippen molar-refractivity contribution >= 4 is 39.2 Å². The second-order valence-corrected chi connectivity index (χ2v) is 7.77. The number of azo groups is 1. The highest BCUT2D eigenvalue weighted by atomic mass is 16.5. The minimum atomic E-state index is 0.535. The molecule has 160 valence electrons. The smallest absolute Gasteiger partial charge is 0.250 e. The number of imidazole rings is 2. The first-order chi connectivity index (χ1) is 16.2. The van der Waals surface area contributed by atoms with Crippen LogP contribution < -0.4 is 4.74 Å². The van der Waals surface area contributed by atoms with E-state index >= 15 is 0 Å². The largest absolute Gasteiger partial charge is 0.497 e. The summed E-state index contributed by atoms with van der Waals surface area (Å²) < 4.78 is 9.24. The number of rotatable bonds is 4. The van der Waals surface area contributed by atoms with Crippen LogP contribution in [0.5, 0.6) is 5.75 Å². The quantitative estimate of drug-likeness (QED) is 0.300. The second-order valence-electron chi connectivity index (χ2n) is 7.77. The first-order valence-corrected chi connectivity index (χ1v) is 10.6. The molecule has 3 aromatic carbocycles. The standard InChI is InChI=1S/C26H20N6O/c1-31-22-10-6-5-9-21(22)27-26(31)30-29-25-23(18-11-13-19(33-2)14-12-18)28-24-20-8-4-3-7-17(20)15-16-32(24)25/h3-16H,1-2H3. The van der Waals surface area contributed by atoms with Gasteiger partial charge >= 0.3 is 0 Å². The molecule has 0 amide bonds. The fourth-order valence-corrected chi connectivity index (χ4v) is 4.11. The first-order valence-electron chi connectivity index (χ1n) is 10.6. The van der Waals surface area contributed by atoms with Gasteiger partial charge in [0, 0.05) is 24.2 Å². The Morgan fingerprint density at radius 2 is 1.61 bits per heavy atom. The minimum absolute atomic E-state index is 0.535. The topological polar surface area (TPSA) is 69.1 Å². The summed E-state index contributed by atoms with van der Waals surface area (Å²) in [6, 6.07) is 26.0. The predicted molar refractivity (Wildman–Crippen MR) is 130 cm³/mol. The van der Waals surface area contributed by atoms with Crippen molar-refractivity contribution in [2.24, 2.45) is 17.3 Å². The molecule has 0 fully saturated rings. The molecule has 0 saturated heterocycles. The van der Waals surface area contributed by atoms with Gasteiger partial charge in [-0.1, -0.05) is 36.4 Å². The summed E-state index contributed by atoms with van der Waals surface area (Å²) in [5.74, 6) is 1.97. The Kier molecular flexibility index (Phi) is 4.40. The number of nitrogens with zero attached hydrogens (tertiary/aromatic N) is 6. The monoisotopic (exact) mass is 432 g/mol. The third-order valence-electron chi connectivity index (χ3n) is 5.85. The summed E-state index contributed by atoms with van der Waals surface area (Å²) in [5.41, 5.74) is 4.40. The highest BCUT2D eigenvalue weighted by Gasteiger charge is 2.17. The molecule has 0 atom stereocenters. The Bertz CT molecular complexity index is 1660. The van der Waals surface area contributed by atoms with Crippen LogP contribution in [0.3, 0.4) is 0 Å².